The van der Waals surface area contributed by atoms with E-state index in [4.69, 9.17) is 4.52 Å². The highest BCUT2D eigenvalue weighted by atomic mass is 16.5. The van der Waals surface area contributed by atoms with Crippen LogP contribution in [0.2, 0.25) is 0 Å². The van der Waals surface area contributed by atoms with Crippen LogP contribution in [0.5, 0.6) is 0 Å². The number of piperidine rings is 1. The summed E-state index contributed by atoms with van der Waals surface area (Å²) >= 11 is 0. The maximum Gasteiger partial charge on any atom is 0.226 e. The predicted molar refractivity (Wildman–Crippen MR) is 70.6 cm³/mol. The summed E-state index contributed by atoms with van der Waals surface area (Å²) in [4.78, 5) is 8.73. The largest absolute Gasteiger partial charge is 0.339 e. The van der Waals surface area contributed by atoms with Crippen molar-refractivity contribution in [1.82, 2.24) is 20.4 Å². The molecule has 0 atom stereocenters. The zero-order valence-electron chi connectivity index (χ0n) is 10.9. The fourth-order valence-corrected chi connectivity index (χ4v) is 2.44. The molecule has 19 heavy (non-hydrogen) atoms. The normalized spacial score (nSPS) is 16.6. The zero-order valence-corrected chi connectivity index (χ0v) is 10.9. The van der Waals surface area contributed by atoms with Gasteiger partial charge in [0.25, 0.3) is 0 Å². The first-order valence-electron chi connectivity index (χ1n) is 6.82. The predicted octanol–water partition coefficient (Wildman–Crippen LogP) is 1.60. The molecule has 0 saturated carbocycles. The van der Waals surface area contributed by atoms with E-state index >= 15 is 0 Å². The zero-order chi connectivity index (χ0) is 12.9. The number of aromatic nitrogens is 3. The van der Waals surface area contributed by atoms with Gasteiger partial charge in [-0.3, -0.25) is 4.98 Å². The summed E-state index contributed by atoms with van der Waals surface area (Å²) in [7, 11) is 0. The summed E-state index contributed by atoms with van der Waals surface area (Å²) in [5, 5.41) is 7.40. The summed E-state index contributed by atoms with van der Waals surface area (Å²) in [6.07, 6.45) is 5.70. The van der Waals surface area contributed by atoms with Crippen molar-refractivity contribution in [1.29, 1.82) is 0 Å². The van der Waals surface area contributed by atoms with Gasteiger partial charge in [0.1, 0.15) is 0 Å². The van der Waals surface area contributed by atoms with Crippen molar-refractivity contribution in [3.05, 3.63) is 41.8 Å². The minimum Gasteiger partial charge on any atom is -0.339 e. The van der Waals surface area contributed by atoms with Crippen molar-refractivity contribution in [2.24, 2.45) is 5.92 Å². The van der Waals surface area contributed by atoms with E-state index in [9.17, 15) is 0 Å². The summed E-state index contributed by atoms with van der Waals surface area (Å²) < 4.78 is 5.33. The Morgan fingerprint density at radius 2 is 2.16 bits per heavy atom. The van der Waals surface area contributed by atoms with Gasteiger partial charge in [0.2, 0.25) is 5.89 Å². The maximum absolute atomic E-state index is 5.33. The monoisotopic (exact) mass is 258 g/mol. The Hall–Kier alpha value is -1.75. The maximum atomic E-state index is 5.33. The molecule has 0 bridgehead atoms. The molecule has 100 valence electrons. The molecule has 0 amide bonds. The van der Waals surface area contributed by atoms with Crippen LogP contribution in [0.25, 0.3) is 0 Å². The molecule has 2 aromatic rings. The third-order valence-electron chi connectivity index (χ3n) is 3.50. The van der Waals surface area contributed by atoms with Crippen molar-refractivity contribution in [3.63, 3.8) is 0 Å². The van der Waals surface area contributed by atoms with E-state index in [1.54, 1.807) is 6.20 Å². The van der Waals surface area contributed by atoms with E-state index in [2.05, 4.69) is 20.4 Å². The van der Waals surface area contributed by atoms with Gasteiger partial charge in [0.15, 0.2) is 5.82 Å². The number of pyridine rings is 1. The van der Waals surface area contributed by atoms with Crippen molar-refractivity contribution in [3.8, 4) is 0 Å². The standard InChI is InChI=1S/C14H18N4O/c1-2-6-16-12(3-1)10-13-17-14(19-18-13)9-11-4-7-15-8-5-11/h1-3,6,11,15H,4-5,7-10H2. The molecular formula is C14H18N4O. The molecule has 1 saturated heterocycles. The molecular weight excluding hydrogens is 240 g/mol. The molecule has 5 nitrogen and oxygen atoms in total. The number of hydrogen-bond acceptors (Lipinski definition) is 5. The smallest absolute Gasteiger partial charge is 0.226 e. The third-order valence-corrected chi connectivity index (χ3v) is 3.50. The number of nitrogens with zero attached hydrogens (tertiary/aromatic N) is 3. The fraction of sp³-hybridized carbons (Fsp3) is 0.500. The molecule has 1 N–H and O–H groups in total. The minimum absolute atomic E-state index is 0.635. The van der Waals surface area contributed by atoms with E-state index < -0.39 is 0 Å². The highest BCUT2D eigenvalue weighted by Crippen LogP contribution is 2.17. The molecule has 0 radical (unpaired) electrons. The van der Waals surface area contributed by atoms with Gasteiger partial charge in [0, 0.05) is 18.3 Å². The van der Waals surface area contributed by atoms with E-state index in [0.29, 0.717) is 12.3 Å². The Morgan fingerprint density at radius 3 is 2.95 bits per heavy atom. The fourth-order valence-electron chi connectivity index (χ4n) is 2.44. The summed E-state index contributed by atoms with van der Waals surface area (Å²) in [5.41, 5.74) is 0.969. The molecule has 0 aromatic carbocycles. The molecule has 3 rings (SSSR count). The second-order valence-electron chi connectivity index (χ2n) is 5.00. The average molecular weight is 258 g/mol. The van der Waals surface area contributed by atoms with Gasteiger partial charge in [-0.2, -0.15) is 4.98 Å². The Morgan fingerprint density at radius 1 is 1.26 bits per heavy atom. The van der Waals surface area contributed by atoms with Crippen LogP contribution >= 0.6 is 0 Å². The Balaban J connectivity index is 1.59. The second-order valence-corrected chi connectivity index (χ2v) is 5.00. The highest BCUT2D eigenvalue weighted by molar-refractivity contribution is 5.09. The molecule has 0 spiro atoms. The van der Waals surface area contributed by atoms with Crippen LogP contribution in [0.15, 0.2) is 28.9 Å². The Labute approximate surface area is 112 Å². The number of rotatable bonds is 4. The first kappa shape index (κ1) is 12.3. The van der Waals surface area contributed by atoms with Crippen LogP contribution in [0.4, 0.5) is 0 Å². The summed E-state index contributed by atoms with van der Waals surface area (Å²) in [5.74, 6) is 2.16. The van der Waals surface area contributed by atoms with Crippen LogP contribution in [0.1, 0.15) is 30.3 Å². The Kier molecular flexibility index (Phi) is 3.83. The van der Waals surface area contributed by atoms with Crippen molar-refractivity contribution < 1.29 is 4.52 Å². The lowest BCUT2D eigenvalue weighted by Gasteiger charge is -2.20. The van der Waals surface area contributed by atoms with Crippen molar-refractivity contribution >= 4 is 0 Å². The average Bonchev–Trinajstić information content (AvgIpc) is 2.88. The lowest BCUT2D eigenvalue weighted by molar-refractivity contribution is 0.312. The molecule has 5 heteroatoms. The van der Waals surface area contributed by atoms with Gasteiger partial charge >= 0.3 is 0 Å². The number of nitrogens with one attached hydrogen (secondary N) is 1. The summed E-state index contributed by atoms with van der Waals surface area (Å²) in [6, 6.07) is 5.85. The summed E-state index contributed by atoms with van der Waals surface area (Å²) in [6.45, 7) is 2.19. The van der Waals surface area contributed by atoms with Gasteiger partial charge < -0.3 is 9.84 Å². The van der Waals surface area contributed by atoms with Crippen LogP contribution < -0.4 is 5.32 Å². The van der Waals surface area contributed by atoms with E-state index in [1.165, 1.54) is 12.8 Å². The van der Waals surface area contributed by atoms with E-state index in [-0.39, 0.29) is 0 Å². The number of hydrogen-bond donors (Lipinski definition) is 1. The highest BCUT2D eigenvalue weighted by Gasteiger charge is 2.17. The molecule has 1 aliphatic heterocycles. The van der Waals surface area contributed by atoms with Gasteiger partial charge in [-0.1, -0.05) is 11.2 Å². The Bertz CT molecular complexity index is 505. The quantitative estimate of drug-likeness (QED) is 0.902. The van der Waals surface area contributed by atoms with Crippen molar-refractivity contribution in [2.75, 3.05) is 13.1 Å². The molecule has 0 aliphatic carbocycles. The third kappa shape index (κ3) is 3.38. The minimum atomic E-state index is 0.635. The van der Waals surface area contributed by atoms with Gasteiger partial charge in [-0.05, 0) is 44.0 Å². The molecule has 0 unspecified atom stereocenters. The van der Waals surface area contributed by atoms with Crippen LogP contribution in [0.3, 0.4) is 0 Å². The van der Waals surface area contributed by atoms with Gasteiger partial charge in [0.05, 0.1) is 6.42 Å². The second kappa shape index (κ2) is 5.93. The molecule has 1 aliphatic rings. The van der Waals surface area contributed by atoms with E-state index in [1.807, 2.05) is 18.2 Å². The van der Waals surface area contributed by atoms with Crippen LogP contribution in [0, 0.1) is 5.92 Å². The van der Waals surface area contributed by atoms with Crippen LogP contribution in [-0.4, -0.2) is 28.2 Å². The van der Waals surface area contributed by atoms with E-state index in [0.717, 1.165) is 36.9 Å². The van der Waals surface area contributed by atoms with Gasteiger partial charge in [-0.25, -0.2) is 0 Å². The first-order chi connectivity index (χ1) is 9.40. The van der Waals surface area contributed by atoms with Gasteiger partial charge in [-0.15, -0.1) is 0 Å². The lowest BCUT2D eigenvalue weighted by atomic mass is 9.95. The molecule has 1 fully saturated rings. The molecule has 2 aromatic heterocycles. The molecule has 3 heterocycles. The lowest BCUT2D eigenvalue weighted by Crippen LogP contribution is -2.28. The SMILES string of the molecule is c1ccc(Cc2noc(CC3CCNCC3)n2)nc1. The van der Waals surface area contributed by atoms with Crippen molar-refractivity contribution in [2.45, 2.75) is 25.7 Å². The van der Waals surface area contributed by atoms with Crippen LogP contribution in [-0.2, 0) is 12.8 Å². The topological polar surface area (TPSA) is 63.8 Å². The first-order valence-corrected chi connectivity index (χ1v) is 6.82.